The van der Waals surface area contributed by atoms with Crippen molar-refractivity contribution in [3.05, 3.63) is 76.1 Å². The Morgan fingerprint density at radius 3 is 2.57 bits per heavy atom. The zero-order chi connectivity index (χ0) is 25.1. The molecule has 1 N–H and O–H groups in total. The molecule has 0 saturated carbocycles. The Morgan fingerprint density at radius 2 is 1.94 bits per heavy atom. The van der Waals surface area contributed by atoms with Gasteiger partial charge in [0, 0.05) is 18.0 Å². The lowest BCUT2D eigenvalue weighted by molar-refractivity contribution is -0.132. The molecule has 180 valence electrons. The first-order chi connectivity index (χ1) is 16.9. The first-order valence-corrected chi connectivity index (χ1v) is 11.7. The largest absolute Gasteiger partial charge is 0.507 e. The van der Waals surface area contributed by atoms with Crippen LogP contribution in [0.15, 0.2) is 54.4 Å². The summed E-state index contributed by atoms with van der Waals surface area (Å²) in [6.45, 7) is 4.16. The van der Waals surface area contributed by atoms with E-state index >= 15 is 0 Å². The number of carbonyl (C=O) groups excluding carboxylic acids is 3. The molecule has 0 aliphatic carbocycles. The fraction of sp³-hybridized carbons (Fsp3) is 0.240. The van der Waals surface area contributed by atoms with Gasteiger partial charge in [0.2, 0.25) is 0 Å². The van der Waals surface area contributed by atoms with Gasteiger partial charge >= 0.3 is 11.9 Å². The molecule has 1 aliphatic heterocycles. The molecule has 3 heterocycles. The highest BCUT2D eigenvalue weighted by Crippen LogP contribution is 2.43. The number of amides is 1. The van der Waals surface area contributed by atoms with Crippen molar-refractivity contribution in [1.82, 2.24) is 9.97 Å². The van der Waals surface area contributed by atoms with Crippen molar-refractivity contribution in [3.8, 4) is 5.75 Å². The Labute approximate surface area is 205 Å². The van der Waals surface area contributed by atoms with E-state index in [-0.39, 0.29) is 21.3 Å². The molecule has 0 radical (unpaired) electrons. The predicted octanol–water partition coefficient (Wildman–Crippen LogP) is 4.05. The fourth-order valence-corrected chi connectivity index (χ4v) is 4.75. The molecule has 0 unspecified atom stereocenters. The summed E-state index contributed by atoms with van der Waals surface area (Å²) in [4.78, 5) is 48.4. The van der Waals surface area contributed by atoms with Gasteiger partial charge in [0.05, 0.1) is 31.0 Å². The van der Waals surface area contributed by atoms with Crippen molar-refractivity contribution in [2.75, 3.05) is 18.6 Å². The molecule has 1 aliphatic rings. The van der Waals surface area contributed by atoms with Gasteiger partial charge in [0.15, 0.2) is 5.13 Å². The predicted molar refractivity (Wildman–Crippen MR) is 129 cm³/mol. The quantitative estimate of drug-likeness (QED) is 0.227. The van der Waals surface area contributed by atoms with Crippen LogP contribution in [0.5, 0.6) is 5.75 Å². The molecule has 1 saturated heterocycles. The number of thiazole rings is 1. The molecule has 4 rings (SSSR count). The average Bonchev–Trinajstić information content (AvgIpc) is 3.39. The van der Waals surface area contributed by atoms with Crippen LogP contribution in [0.1, 0.15) is 45.9 Å². The van der Waals surface area contributed by atoms with Crippen LogP contribution in [-0.4, -0.2) is 46.5 Å². The number of hydrogen-bond donors (Lipinski definition) is 1. The molecule has 1 fully saturated rings. The van der Waals surface area contributed by atoms with E-state index in [1.807, 2.05) is 6.92 Å². The van der Waals surface area contributed by atoms with Crippen molar-refractivity contribution < 1.29 is 29.0 Å². The maximum Gasteiger partial charge on any atom is 0.350 e. The molecule has 0 bridgehead atoms. The van der Waals surface area contributed by atoms with Crippen LogP contribution >= 0.6 is 11.3 Å². The number of aliphatic hydroxyl groups excluding tert-OH is 1. The van der Waals surface area contributed by atoms with E-state index < -0.39 is 23.7 Å². The Bertz CT molecular complexity index is 1300. The summed E-state index contributed by atoms with van der Waals surface area (Å²) in [5.41, 5.74) is 1.12. The number of esters is 1. The number of Topliss-reactive ketones (excluding diaryl/α,β-unsaturated/α-hetero) is 1. The summed E-state index contributed by atoms with van der Waals surface area (Å²) in [6, 6.07) is 9.00. The number of methoxy groups -OCH3 is 1. The van der Waals surface area contributed by atoms with Gasteiger partial charge in [-0.25, -0.2) is 9.78 Å². The molecule has 1 aromatic carbocycles. The minimum Gasteiger partial charge on any atom is -0.507 e. The second kappa shape index (κ2) is 10.1. The number of aromatic nitrogens is 2. The molecular weight excluding hydrogens is 470 g/mol. The van der Waals surface area contributed by atoms with E-state index in [9.17, 15) is 19.5 Å². The Kier molecular flexibility index (Phi) is 6.92. The SMILES string of the molecule is CCCOc1ccc(/C(O)=C2\C(=O)C(=O)N(c3nc(C)c(C(=O)OC)s3)[C@H]2c2cccnc2)cc1. The van der Waals surface area contributed by atoms with Crippen molar-refractivity contribution in [3.63, 3.8) is 0 Å². The first-order valence-electron chi connectivity index (χ1n) is 10.9. The summed E-state index contributed by atoms with van der Waals surface area (Å²) >= 11 is 0.939. The number of aryl methyl sites for hydroxylation is 1. The summed E-state index contributed by atoms with van der Waals surface area (Å²) in [5.74, 6) is -2.03. The molecule has 2 aromatic heterocycles. The second-order valence-corrected chi connectivity index (χ2v) is 8.71. The fourth-order valence-electron chi connectivity index (χ4n) is 3.73. The van der Waals surface area contributed by atoms with Crippen molar-refractivity contribution in [2.24, 2.45) is 0 Å². The standard InChI is InChI=1S/C25H23N3O6S/c1-4-12-34-17-9-7-15(8-10-17)20(29)18-19(16-6-5-11-26-13-16)28(23(31)21(18)30)25-27-14(2)22(35-25)24(32)33-3/h5-11,13,19,29H,4,12H2,1-3H3/b20-18+/t19-/m0/s1. The number of ether oxygens (including phenoxy) is 2. The number of nitrogens with zero attached hydrogens (tertiary/aromatic N) is 3. The highest BCUT2D eigenvalue weighted by atomic mass is 32.1. The number of aliphatic hydroxyl groups is 1. The molecule has 1 atom stereocenters. The maximum atomic E-state index is 13.2. The van der Waals surface area contributed by atoms with E-state index in [1.165, 1.54) is 18.2 Å². The van der Waals surface area contributed by atoms with Crippen molar-refractivity contribution >= 4 is 39.9 Å². The van der Waals surface area contributed by atoms with E-state index in [1.54, 1.807) is 49.5 Å². The van der Waals surface area contributed by atoms with Gasteiger partial charge < -0.3 is 14.6 Å². The lowest BCUT2D eigenvalue weighted by Crippen LogP contribution is -2.29. The molecular formula is C25H23N3O6S. The van der Waals surface area contributed by atoms with E-state index in [0.717, 1.165) is 17.8 Å². The second-order valence-electron chi connectivity index (χ2n) is 7.73. The number of pyridine rings is 1. The van der Waals surface area contributed by atoms with Gasteiger partial charge in [-0.05, 0) is 49.2 Å². The number of rotatable bonds is 7. The maximum absolute atomic E-state index is 13.2. The van der Waals surface area contributed by atoms with Crippen LogP contribution in [0, 0.1) is 6.92 Å². The van der Waals surface area contributed by atoms with Gasteiger partial charge in [0.25, 0.3) is 5.78 Å². The van der Waals surface area contributed by atoms with Crippen LogP contribution in [0.3, 0.4) is 0 Å². The van der Waals surface area contributed by atoms with E-state index in [4.69, 9.17) is 9.47 Å². The van der Waals surface area contributed by atoms with E-state index in [0.29, 0.717) is 29.2 Å². The number of anilines is 1. The summed E-state index contributed by atoms with van der Waals surface area (Å²) in [7, 11) is 1.25. The lowest BCUT2D eigenvalue weighted by atomic mass is 9.96. The van der Waals surface area contributed by atoms with Crippen LogP contribution < -0.4 is 9.64 Å². The first kappa shape index (κ1) is 24.1. The number of ketones is 1. The zero-order valence-electron chi connectivity index (χ0n) is 19.3. The van der Waals surface area contributed by atoms with Gasteiger partial charge in [-0.15, -0.1) is 0 Å². The van der Waals surface area contributed by atoms with Gasteiger partial charge in [-0.3, -0.25) is 19.5 Å². The highest BCUT2D eigenvalue weighted by molar-refractivity contribution is 7.17. The van der Waals surface area contributed by atoms with Crippen LogP contribution in [-0.2, 0) is 14.3 Å². The monoisotopic (exact) mass is 493 g/mol. The molecule has 3 aromatic rings. The third-order valence-corrected chi connectivity index (χ3v) is 6.54. The highest BCUT2D eigenvalue weighted by Gasteiger charge is 2.48. The lowest BCUT2D eigenvalue weighted by Gasteiger charge is -2.22. The van der Waals surface area contributed by atoms with E-state index in [2.05, 4.69) is 9.97 Å². The molecule has 9 nitrogen and oxygen atoms in total. The average molecular weight is 494 g/mol. The Balaban J connectivity index is 1.84. The summed E-state index contributed by atoms with van der Waals surface area (Å²) in [6.07, 6.45) is 3.93. The number of carbonyl (C=O) groups is 3. The Hall–Kier alpha value is -4.05. The van der Waals surface area contributed by atoms with Crippen LogP contribution in [0.2, 0.25) is 0 Å². The minimum absolute atomic E-state index is 0.0994. The summed E-state index contributed by atoms with van der Waals surface area (Å²) in [5, 5.41) is 11.3. The smallest absolute Gasteiger partial charge is 0.350 e. The van der Waals surface area contributed by atoms with Crippen molar-refractivity contribution in [2.45, 2.75) is 26.3 Å². The van der Waals surface area contributed by atoms with Crippen LogP contribution in [0.25, 0.3) is 5.76 Å². The van der Waals surface area contributed by atoms with Crippen LogP contribution in [0.4, 0.5) is 5.13 Å². The number of hydrogen-bond acceptors (Lipinski definition) is 9. The molecule has 10 heteroatoms. The Morgan fingerprint density at radius 1 is 1.20 bits per heavy atom. The molecule has 1 amide bonds. The topological polar surface area (TPSA) is 119 Å². The van der Waals surface area contributed by atoms with Gasteiger partial charge in [-0.1, -0.05) is 24.3 Å². The van der Waals surface area contributed by atoms with Gasteiger partial charge in [0.1, 0.15) is 16.4 Å². The summed E-state index contributed by atoms with van der Waals surface area (Å²) < 4.78 is 10.4. The molecule has 35 heavy (non-hydrogen) atoms. The van der Waals surface area contributed by atoms with Gasteiger partial charge in [-0.2, -0.15) is 0 Å². The normalized spacial score (nSPS) is 17.0. The third kappa shape index (κ3) is 4.52. The molecule has 0 spiro atoms. The number of benzene rings is 1. The minimum atomic E-state index is -0.990. The van der Waals surface area contributed by atoms with Crippen molar-refractivity contribution in [1.29, 1.82) is 0 Å². The third-order valence-electron chi connectivity index (χ3n) is 5.41. The zero-order valence-corrected chi connectivity index (χ0v) is 20.2.